The van der Waals surface area contributed by atoms with Gasteiger partial charge in [-0.3, -0.25) is 4.79 Å². The molecule has 0 aliphatic rings. The molecule has 0 saturated heterocycles. The number of amides is 1. The average Bonchev–Trinajstić information content (AvgIpc) is 3.17. The van der Waals surface area contributed by atoms with Gasteiger partial charge in [0.2, 0.25) is 11.1 Å². The Labute approximate surface area is 174 Å². The average molecular weight is 427 g/mol. The highest BCUT2D eigenvalue weighted by Gasteiger charge is 2.13. The summed E-state index contributed by atoms with van der Waals surface area (Å²) in [5.41, 5.74) is 2.25. The zero-order valence-electron chi connectivity index (χ0n) is 15.7. The van der Waals surface area contributed by atoms with Crippen LogP contribution < -0.4 is 10.1 Å². The number of aromatic nitrogens is 4. The molecule has 0 spiro atoms. The summed E-state index contributed by atoms with van der Waals surface area (Å²) >= 11 is 1.13. The van der Waals surface area contributed by atoms with Crippen LogP contribution in [-0.4, -0.2) is 38.6 Å². The molecule has 0 unspecified atom stereocenters. The summed E-state index contributed by atoms with van der Waals surface area (Å²) < 4.78 is 33.1. The van der Waals surface area contributed by atoms with Crippen LogP contribution in [0.1, 0.15) is 0 Å². The lowest BCUT2D eigenvalue weighted by Gasteiger charge is -2.06. The van der Waals surface area contributed by atoms with Gasteiger partial charge in [0.15, 0.2) is 17.3 Å². The second-order valence-electron chi connectivity index (χ2n) is 6.17. The van der Waals surface area contributed by atoms with Crippen molar-refractivity contribution < 1.29 is 18.3 Å². The fourth-order valence-electron chi connectivity index (χ4n) is 2.70. The first-order valence-electron chi connectivity index (χ1n) is 8.78. The van der Waals surface area contributed by atoms with Crippen molar-refractivity contribution in [2.45, 2.75) is 5.16 Å². The van der Waals surface area contributed by atoms with E-state index in [9.17, 15) is 13.6 Å². The Hall–Kier alpha value is -3.53. The van der Waals surface area contributed by atoms with E-state index in [-0.39, 0.29) is 11.4 Å². The first kappa shape index (κ1) is 19.8. The number of rotatable bonds is 6. The maximum absolute atomic E-state index is 13.3. The first-order valence-corrected chi connectivity index (χ1v) is 9.76. The third kappa shape index (κ3) is 4.23. The molecule has 0 aliphatic heterocycles. The SMILES string of the molecule is COc1cccc(-c2ccc3nnc(SCC(=O)Nc4ccc(F)c(F)c4)n3n2)c1. The predicted molar refractivity (Wildman–Crippen MR) is 108 cm³/mol. The highest BCUT2D eigenvalue weighted by Crippen LogP contribution is 2.24. The number of thioether (sulfide) groups is 1. The smallest absolute Gasteiger partial charge is 0.234 e. The van der Waals surface area contributed by atoms with E-state index < -0.39 is 17.5 Å². The van der Waals surface area contributed by atoms with Gasteiger partial charge >= 0.3 is 0 Å². The summed E-state index contributed by atoms with van der Waals surface area (Å²) in [6.45, 7) is 0. The lowest BCUT2D eigenvalue weighted by atomic mass is 10.1. The van der Waals surface area contributed by atoms with E-state index in [4.69, 9.17) is 4.74 Å². The molecule has 0 radical (unpaired) electrons. The van der Waals surface area contributed by atoms with E-state index in [0.717, 1.165) is 29.5 Å². The Morgan fingerprint density at radius 3 is 2.77 bits per heavy atom. The zero-order valence-corrected chi connectivity index (χ0v) is 16.5. The number of hydrogen-bond donors (Lipinski definition) is 1. The lowest BCUT2D eigenvalue weighted by Crippen LogP contribution is -2.14. The third-order valence-electron chi connectivity index (χ3n) is 4.14. The van der Waals surface area contributed by atoms with Crippen LogP contribution in [0.2, 0.25) is 0 Å². The number of fused-ring (bicyclic) bond motifs is 1. The number of methoxy groups -OCH3 is 1. The largest absolute Gasteiger partial charge is 0.497 e. The molecular weight excluding hydrogens is 412 g/mol. The molecule has 2 aromatic carbocycles. The van der Waals surface area contributed by atoms with Crippen molar-refractivity contribution in [1.29, 1.82) is 0 Å². The molecule has 1 amide bonds. The highest BCUT2D eigenvalue weighted by atomic mass is 32.2. The molecule has 152 valence electrons. The summed E-state index contributed by atoms with van der Waals surface area (Å²) in [4.78, 5) is 12.2. The third-order valence-corrected chi connectivity index (χ3v) is 5.05. The summed E-state index contributed by atoms with van der Waals surface area (Å²) in [5.74, 6) is -1.70. The Kier molecular flexibility index (Phi) is 5.57. The van der Waals surface area contributed by atoms with Crippen LogP contribution in [-0.2, 0) is 4.79 Å². The van der Waals surface area contributed by atoms with Crippen molar-refractivity contribution >= 4 is 29.0 Å². The van der Waals surface area contributed by atoms with Crippen molar-refractivity contribution in [3.05, 3.63) is 66.2 Å². The Bertz CT molecular complexity index is 1230. The molecule has 2 heterocycles. The number of halogens is 2. The van der Waals surface area contributed by atoms with Crippen molar-refractivity contribution in [2.24, 2.45) is 0 Å². The van der Waals surface area contributed by atoms with E-state index >= 15 is 0 Å². The molecule has 0 atom stereocenters. The molecule has 30 heavy (non-hydrogen) atoms. The number of benzene rings is 2. The molecule has 10 heteroatoms. The van der Waals surface area contributed by atoms with E-state index in [1.807, 2.05) is 30.3 Å². The van der Waals surface area contributed by atoms with Crippen LogP contribution in [0.4, 0.5) is 14.5 Å². The summed E-state index contributed by atoms with van der Waals surface area (Å²) in [7, 11) is 1.59. The fraction of sp³-hybridized carbons (Fsp3) is 0.100. The van der Waals surface area contributed by atoms with Gasteiger partial charge in [0.05, 0.1) is 18.6 Å². The van der Waals surface area contributed by atoms with Crippen LogP contribution in [0.3, 0.4) is 0 Å². The number of nitrogens with one attached hydrogen (secondary N) is 1. The molecule has 4 rings (SSSR count). The molecule has 2 aromatic heterocycles. The van der Waals surface area contributed by atoms with Gasteiger partial charge in [-0.05, 0) is 36.4 Å². The van der Waals surface area contributed by atoms with Crippen LogP contribution in [0, 0.1) is 11.6 Å². The molecule has 7 nitrogen and oxygen atoms in total. The minimum Gasteiger partial charge on any atom is -0.497 e. The van der Waals surface area contributed by atoms with Crippen LogP contribution in [0.15, 0.2) is 59.8 Å². The standard InChI is InChI=1S/C20H15F2N5O2S/c1-29-14-4-2-3-12(9-14)17-7-8-18-24-25-20(27(18)26-17)30-11-19(28)23-13-5-6-15(21)16(22)10-13/h2-10H,11H2,1H3,(H,23,28). The van der Waals surface area contributed by atoms with Crippen molar-refractivity contribution in [2.75, 3.05) is 18.2 Å². The molecule has 0 fully saturated rings. The lowest BCUT2D eigenvalue weighted by molar-refractivity contribution is -0.113. The summed E-state index contributed by atoms with van der Waals surface area (Å²) in [6, 6.07) is 14.2. The highest BCUT2D eigenvalue weighted by molar-refractivity contribution is 7.99. The van der Waals surface area contributed by atoms with Gasteiger partial charge in [-0.25, -0.2) is 8.78 Å². The van der Waals surface area contributed by atoms with Crippen molar-refractivity contribution in [3.63, 3.8) is 0 Å². The zero-order chi connectivity index (χ0) is 21.1. The molecule has 1 N–H and O–H groups in total. The second kappa shape index (κ2) is 8.46. The summed E-state index contributed by atoms with van der Waals surface area (Å²) in [5, 5.41) is 15.6. The number of carbonyl (C=O) groups excluding carboxylic acids is 1. The quantitative estimate of drug-likeness (QED) is 0.472. The second-order valence-corrected chi connectivity index (χ2v) is 7.11. The minimum absolute atomic E-state index is 0.00907. The molecule has 0 saturated carbocycles. The first-order chi connectivity index (χ1) is 14.5. The number of nitrogens with zero attached hydrogens (tertiary/aromatic N) is 4. The van der Waals surface area contributed by atoms with Gasteiger partial charge in [0.25, 0.3) is 0 Å². The van der Waals surface area contributed by atoms with E-state index in [0.29, 0.717) is 22.2 Å². The fourth-order valence-corrected chi connectivity index (χ4v) is 3.38. The van der Waals surface area contributed by atoms with Gasteiger partial charge in [-0.15, -0.1) is 10.2 Å². The Morgan fingerprint density at radius 2 is 1.97 bits per heavy atom. The van der Waals surface area contributed by atoms with Crippen LogP contribution >= 0.6 is 11.8 Å². The topological polar surface area (TPSA) is 81.4 Å². The van der Waals surface area contributed by atoms with Gasteiger partial charge in [-0.1, -0.05) is 23.9 Å². The number of ether oxygens (including phenoxy) is 1. The monoisotopic (exact) mass is 427 g/mol. The Morgan fingerprint density at radius 1 is 1.10 bits per heavy atom. The molecule has 0 bridgehead atoms. The maximum atomic E-state index is 13.3. The van der Waals surface area contributed by atoms with E-state index in [1.54, 1.807) is 17.7 Å². The van der Waals surface area contributed by atoms with Crippen molar-refractivity contribution in [3.8, 4) is 17.0 Å². The van der Waals surface area contributed by atoms with Crippen molar-refractivity contribution in [1.82, 2.24) is 19.8 Å². The van der Waals surface area contributed by atoms with Crippen LogP contribution in [0.25, 0.3) is 16.9 Å². The van der Waals surface area contributed by atoms with Gasteiger partial charge in [0, 0.05) is 17.3 Å². The maximum Gasteiger partial charge on any atom is 0.234 e. The predicted octanol–water partition coefficient (Wildman–Crippen LogP) is 3.81. The number of hydrogen-bond acceptors (Lipinski definition) is 6. The number of carbonyl (C=O) groups is 1. The van der Waals surface area contributed by atoms with E-state index in [1.165, 1.54) is 6.07 Å². The molecule has 4 aromatic rings. The minimum atomic E-state index is -1.03. The van der Waals surface area contributed by atoms with Crippen LogP contribution in [0.5, 0.6) is 5.75 Å². The van der Waals surface area contributed by atoms with Gasteiger partial charge in [-0.2, -0.15) is 9.61 Å². The molecule has 0 aliphatic carbocycles. The normalized spacial score (nSPS) is 10.9. The Balaban J connectivity index is 1.50. The van der Waals surface area contributed by atoms with Gasteiger partial charge < -0.3 is 10.1 Å². The number of anilines is 1. The summed E-state index contributed by atoms with van der Waals surface area (Å²) in [6.07, 6.45) is 0. The molecular formula is C20H15F2N5O2S. The van der Waals surface area contributed by atoms with Gasteiger partial charge in [0.1, 0.15) is 5.75 Å². The van der Waals surface area contributed by atoms with E-state index in [2.05, 4.69) is 20.6 Å².